The van der Waals surface area contributed by atoms with Gasteiger partial charge in [-0.2, -0.15) is 0 Å². The Morgan fingerprint density at radius 3 is 2.31 bits per heavy atom. The van der Waals surface area contributed by atoms with E-state index in [-0.39, 0.29) is 5.97 Å². The average Bonchev–Trinajstić information content (AvgIpc) is 2.78. The summed E-state index contributed by atoms with van der Waals surface area (Å²) >= 11 is 0. The van der Waals surface area contributed by atoms with Gasteiger partial charge in [0.15, 0.2) is 5.75 Å². The lowest BCUT2D eigenvalue weighted by atomic mass is 10.1. The van der Waals surface area contributed by atoms with Crippen LogP contribution in [0.25, 0.3) is 23.1 Å². The summed E-state index contributed by atoms with van der Waals surface area (Å²) in [6.07, 6.45) is 3.97. The predicted molar refractivity (Wildman–Crippen MR) is 130 cm³/mol. The quantitative estimate of drug-likeness (QED) is 0.222. The van der Waals surface area contributed by atoms with Gasteiger partial charge in [-0.15, -0.1) is 0 Å². The monoisotopic (exact) mass is 423 g/mol. The molecule has 0 bridgehead atoms. The van der Waals surface area contributed by atoms with Gasteiger partial charge < -0.3 is 9.22 Å². The highest BCUT2D eigenvalue weighted by Gasteiger charge is 2.14. The SMILES string of the molecule is C[N+](C)(C)Cc1ccc(C(=O)Oc2cccc3ccc(C=Cc4ccccc4)nc23)cc1. The lowest BCUT2D eigenvalue weighted by molar-refractivity contribution is -0.884. The molecule has 1 aromatic heterocycles. The first kappa shape index (κ1) is 21.5. The summed E-state index contributed by atoms with van der Waals surface area (Å²) in [4.78, 5) is 17.5. The molecule has 32 heavy (non-hydrogen) atoms. The van der Waals surface area contributed by atoms with E-state index in [9.17, 15) is 4.79 Å². The van der Waals surface area contributed by atoms with Gasteiger partial charge >= 0.3 is 5.97 Å². The van der Waals surface area contributed by atoms with E-state index in [4.69, 9.17) is 9.72 Å². The zero-order valence-corrected chi connectivity index (χ0v) is 18.7. The van der Waals surface area contributed by atoms with Crippen molar-refractivity contribution in [2.75, 3.05) is 21.1 Å². The molecule has 4 rings (SSSR count). The molecule has 0 saturated carbocycles. The number of nitrogens with zero attached hydrogens (tertiary/aromatic N) is 2. The van der Waals surface area contributed by atoms with Gasteiger partial charge in [-0.3, -0.25) is 0 Å². The van der Waals surface area contributed by atoms with Crippen molar-refractivity contribution in [2.24, 2.45) is 0 Å². The van der Waals surface area contributed by atoms with Crippen LogP contribution in [0.15, 0.2) is 84.9 Å². The molecule has 0 saturated heterocycles. The number of aromatic nitrogens is 1. The highest BCUT2D eigenvalue weighted by Crippen LogP contribution is 2.25. The van der Waals surface area contributed by atoms with Crippen LogP contribution in [0.4, 0.5) is 0 Å². The van der Waals surface area contributed by atoms with E-state index in [0.717, 1.165) is 27.7 Å². The van der Waals surface area contributed by atoms with Crippen LogP contribution >= 0.6 is 0 Å². The number of esters is 1. The summed E-state index contributed by atoms with van der Waals surface area (Å²) in [5, 5.41) is 0.922. The van der Waals surface area contributed by atoms with Crippen LogP contribution in [0.1, 0.15) is 27.2 Å². The lowest BCUT2D eigenvalue weighted by Gasteiger charge is -2.23. The second kappa shape index (κ2) is 9.16. The summed E-state index contributed by atoms with van der Waals surface area (Å²) in [5.74, 6) is 0.0687. The van der Waals surface area contributed by atoms with Gasteiger partial charge in [0, 0.05) is 10.9 Å². The van der Waals surface area contributed by atoms with Gasteiger partial charge in [0.2, 0.25) is 0 Å². The molecule has 1 heterocycles. The molecule has 0 fully saturated rings. The lowest BCUT2D eigenvalue weighted by Crippen LogP contribution is -2.33. The van der Waals surface area contributed by atoms with E-state index in [1.807, 2.05) is 91.0 Å². The third-order valence-electron chi connectivity index (χ3n) is 5.00. The van der Waals surface area contributed by atoms with E-state index < -0.39 is 0 Å². The smallest absolute Gasteiger partial charge is 0.343 e. The van der Waals surface area contributed by atoms with Gasteiger partial charge in [-0.05, 0) is 35.9 Å². The maximum absolute atomic E-state index is 12.8. The minimum atomic E-state index is -0.388. The summed E-state index contributed by atoms with van der Waals surface area (Å²) in [7, 11) is 6.41. The van der Waals surface area contributed by atoms with Crippen LogP contribution in [0, 0.1) is 0 Å². The first-order valence-electron chi connectivity index (χ1n) is 10.6. The van der Waals surface area contributed by atoms with Crippen LogP contribution in [0.2, 0.25) is 0 Å². The Morgan fingerprint density at radius 1 is 0.844 bits per heavy atom. The van der Waals surface area contributed by atoms with Crippen molar-refractivity contribution >= 4 is 29.0 Å². The van der Waals surface area contributed by atoms with Crippen LogP contribution in [-0.2, 0) is 6.54 Å². The number of benzene rings is 3. The van der Waals surface area contributed by atoms with Crippen LogP contribution in [-0.4, -0.2) is 36.6 Å². The molecule has 0 amide bonds. The van der Waals surface area contributed by atoms with Crippen molar-refractivity contribution in [1.29, 1.82) is 0 Å². The van der Waals surface area contributed by atoms with Crippen molar-refractivity contribution in [1.82, 2.24) is 4.98 Å². The third-order valence-corrected chi connectivity index (χ3v) is 5.00. The van der Waals surface area contributed by atoms with Crippen LogP contribution in [0.3, 0.4) is 0 Å². The Kier molecular flexibility index (Phi) is 6.15. The fourth-order valence-electron chi connectivity index (χ4n) is 3.51. The van der Waals surface area contributed by atoms with Gasteiger partial charge in [-0.1, -0.05) is 66.7 Å². The summed E-state index contributed by atoms with van der Waals surface area (Å²) < 4.78 is 6.57. The summed E-state index contributed by atoms with van der Waals surface area (Å²) in [5.41, 5.74) is 4.26. The molecule has 0 unspecified atom stereocenters. The van der Waals surface area contributed by atoms with E-state index >= 15 is 0 Å². The maximum Gasteiger partial charge on any atom is 0.343 e. The molecule has 0 N–H and O–H groups in total. The Hall–Kier alpha value is -3.76. The first-order valence-corrected chi connectivity index (χ1v) is 10.6. The normalized spacial score (nSPS) is 11.7. The fraction of sp³-hybridized carbons (Fsp3) is 0.143. The standard InChI is InChI=1S/C28H27N2O2/c1-30(2,3)20-22-12-15-24(16-13-22)28(31)32-26-11-7-10-23-17-19-25(29-27(23)26)18-14-21-8-5-4-6-9-21/h4-19H,20H2,1-3H3/q+1. The molecular formula is C28H27N2O2+. The number of fused-ring (bicyclic) bond motifs is 1. The molecule has 4 heteroatoms. The topological polar surface area (TPSA) is 39.2 Å². The van der Waals surface area contributed by atoms with E-state index in [2.05, 4.69) is 21.1 Å². The third kappa shape index (κ3) is 5.48. The number of hydrogen-bond acceptors (Lipinski definition) is 3. The number of rotatable bonds is 6. The molecule has 0 aliphatic heterocycles. The van der Waals surface area contributed by atoms with Gasteiger partial charge in [0.25, 0.3) is 0 Å². The summed E-state index contributed by atoms with van der Waals surface area (Å²) in [6.45, 7) is 0.891. The molecular weight excluding hydrogens is 396 g/mol. The molecule has 0 aliphatic rings. The zero-order valence-electron chi connectivity index (χ0n) is 18.7. The van der Waals surface area contributed by atoms with Gasteiger partial charge in [0.1, 0.15) is 12.1 Å². The zero-order chi connectivity index (χ0) is 22.6. The number of pyridine rings is 1. The first-order chi connectivity index (χ1) is 15.4. The minimum absolute atomic E-state index is 0.388. The Labute approximate surface area is 189 Å². The molecule has 4 aromatic rings. The maximum atomic E-state index is 12.8. The highest BCUT2D eigenvalue weighted by atomic mass is 16.5. The molecule has 3 aromatic carbocycles. The Morgan fingerprint density at radius 2 is 1.59 bits per heavy atom. The Bertz CT molecular complexity index is 1250. The highest BCUT2D eigenvalue weighted by molar-refractivity contribution is 5.94. The number of para-hydroxylation sites is 1. The predicted octanol–water partition coefficient (Wildman–Crippen LogP) is 5.83. The molecule has 0 aliphatic carbocycles. The van der Waals surface area contributed by atoms with Crippen molar-refractivity contribution in [3.05, 3.63) is 107 Å². The molecule has 4 nitrogen and oxygen atoms in total. The molecule has 0 radical (unpaired) electrons. The Balaban J connectivity index is 1.56. The van der Waals surface area contributed by atoms with Crippen molar-refractivity contribution < 1.29 is 14.0 Å². The van der Waals surface area contributed by atoms with Gasteiger partial charge in [0.05, 0.1) is 32.4 Å². The number of quaternary nitrogens is 1. The second-order valence-electron chi connectivity index (χ2n) is 8.84. The molecule has 160 valence electrons. The van der Waals surface area contributed by atoms with Crippen LogP contribution < -0.4 is 4.74 Å². The molecule has 0 atom stereocenters. The number of carbonyl (C=O) groups is 1. The minimum Gasteiger partial charge on any atom is -0.421 e. The second-order valence-corrected chi connectivity index (χ2v) is 8.84. The fourth-order valence-corrected chi connectivity index (χ4v) is 3.51. The number of ether oxygens (including phenoxy) is 1. The molecule has 0 spiro atoms. The van der Waals surface area contributed by atoms with E-state index in [1.54, 1.807) is 6.07 Å². The van der Waals surface area contributed by atoms with Crippen molar-refractivity contribution in [2.45, 2.75) is 6.54 Å². The van der Waals surface area contributed by atoms with Crippen molar-refractivity contribution in [3.63, 3.8) is 0 Å². The van der Waals surface area contributed by atoms with Crippen molar-refractivity contribution in [3.8, 4) is 5.75 Å². The number of hydrogen-bond donors (Lipinski definition) is 0. The van der Waals surface area contributed by atoms with E-state index in [0.29, 0.717) is 16.8 Å². The number of carbonyl (C=O) groups excluding carboxylic acids is 1. The van der Waals surface area contributed by atoms with Crippen LogP contribution in [0.5, 0.6) is 5.75 Å². The average molecular weight is 424 g/mol. The van der Waals surface area contributed by atoms with E-state index in [1.165, 1.54) is 5.56 Å². The van der Waals surface area contributed by atoms with Gasteiger partial charge in [-0.25, -0.2) is 9.78 Å². The summed E-state index contributed by atoms with van der Waals surface area (Å²) in [6, 6.07) is 27.2. The largest absolute Gasteiger partial charge is 0.421 e.